The molecule has 58 valence electrons. The smallest absolute Gasteiger partial charge is 0.151 e. The predicted molar refractivity (Wildman–Crippen MR) is 41.8 cm³/mol. The van der Waals surface area contributed by atoms with Gasteiger partial charge in [0.1, 0.15) is 5.82 Å². The zero-order valence-corrected chi connectivity index (χ0v) is 6.79. The van der Waals surface area contributed by atoms with Gasteiger partial charge in [-0.15, -0.1) is 0 Å². The number of hydrogen-bond acceptors (Lipinski definition) is 1. The minimum atomic E-state index is -0.641. The number of hydrogen-bond donors (Lipinski definition) is 0. The highest BCUT2D eigenvalue weighted by Crippen LogP contribution is 2.22. The summed E-state index contributed by atoms with van der Waals surface area (Å²) < 4.78 is 12.6. The monoisotopic (exact) mass is 192 g/mol. The fourth-order valence-electron chi connectivity index (χ4n) is 0.628. The first-order chi connectivity index (χ1) is 5.15. The van der Waals surface area contributed by atoms with Gasteiger partial charge in [-0.25, -0.2) is 4.39 Å². The van der Waals surface area contributed by atoms with Gasteiger partial charge < -0.3 is 0 Å². The van der Waals surface area contributed by atoms with E-state index in [4.69, 9.17) is 23.2 Å². The molecule has 0 fully saturated rings. The minimum absolute atomic E-state index is 0.0828. The summed E-state index contributed by atoms with van der Waals surface area (Å²) in [6.07, 6.45) is 0.474. The van der Waals surface area contributed by atoms with E-state index in [1.54, 1.807) is 0 Å². The van der Waals surface area contributed by atoms with E-state index in [0.717, 1.165) is 6.07 Å². The Kier molecular flexibility index (Phi) is 2.47. The lowest BCUT2D eigenvalue weighted by Gasteiger charge is -1.97. The molecule has 0 spiro atoms. The van der Waals surface area contributed by atoms with Gasteiger partial charge in [0.15, 0.2) is 6.29 Å². The van der Waals surface area contributed by atoms with Crippen LogP contribution in [0.1, 0.15) is 10.4 Å². The Bertz CT molecular complexity index is 299. The van der Waals surface area contributed by atoms with Crippen molar-refractivity contribution in [1.82, 2.24) is 0 Å². The number of benzene rings is 1. The number of carbonyl (C=O) groups is 1. The van der Waals surface area contributed by atoms with Crippen molar-refractivity contribution in [3.8, 4) is 0 Å². The van der Waals surface area contributed by atoms with E-state index >= 15 is 0 Å². The van der Waals surface area contributed by atoms with E-state index < -0.39 is 5.82 Å². The second-order valence-electron chi connectivity index (χ2n) is 1.91. The molecule has 0 unspecified atom stereocenters. The quantitative estimate of drug-likeness (QED) is 0.494. The molecule has 0 amide bonds. The van der Waals surface area contributed by atoms with Gasteiger partial charge in [-0.3, -0.25) is 4.79 Å². The summed E-state index contributed by atoms with van der Waals surface area (Å²) in [6.45, 7) is 0. The Balaban J connectivity index is 3.31. The fourth-order valence-corrected chi connectivity index (χ4v) is 1.06. The van der Waals surface area contributed by atoms with E-state index in [-0.39, 0.29) is 15.6 Å². The molecule has 1 nitrogen and oxygen atoms in total. The fraction of sp³-hybridized carbons (Fsp3) is 0. The van der Waals surface area contributed by atoms with Crippen LogP contribution < -0.4 is 0 Å². The molecule has 0 aliphatic rings. The molecule has 4 heteroatoms. The van der Waals surface area contributed by atoms with Crippen molar-refractivity contribution in [2.45, 2.75) is 0 Å². The molecule has 0 aliphatic carbocycles. The van der Waals surface area contributed by atoms with Crippen molar-refractivity contribution in [3.05, 3.63) is 33.6 Å². The topological polar surface area (TPSA) is 17.1 Å². The molecule has 1 aromatic carbocycles. The van der Waals surface area contributed by atoms with Crippen LogP contribution in [0.5, 0.6) is 0 Å². The van der Waals surface area contributed by atoms with E-state index in [9.17, 15) is 9.18 Å². The normalized spacial score (nSPS) is 9.73. The van der Waals surface area contributed by atoms with Gasteiger partial charge in [-0.1, -0.05) is 23.2 Å². The Hall–Kier alpha value is -0.600. The second kappa shape index (κ2) is 3.20. The molecule has 0 saturated heterocycles. The molecular formula is C7H3Cl2FO. The number of rotatable bonds is 1. The molecule has 0 aliphatic heterocycles. The van der Waals surface area contributed by atoms with Crippen LogP contribution in [0.15, 0.2) is 12.1 Å². The van der Waals surface area contributed by atoms with Crippen LogP contribution in [0, 0.1) is 5.82 Å². The average molecular weight is 193 g/mol. The van der Waals surface area contributed by atoms with Gasteiger partial charge in [-0.2, -0.15) is 0 Å². The van der Waals surface area contributed by atoms with Crippen molar-refractivity contribution in [1.29, 1.82) is 0 Å². The highest BCUT2D eigenvalue weighted by atomic mass is 35.5. The van der Waals surface area contributed by atoms with Crippen molar-refractivity contribution >= 4 is 29.5 Å². The number of aldehydes is 1. The highest BCUT2D eigenvalue weighted by Gasteiger charge is 2.05. The Morgan fingerprint density at radius 3 is 2.45 bits per heavy atom. The van der Waals surface area contributed by atoms with Crippen molar-refractivity contribution in [3.63, 3.8) is 0 Å². The highest BCUT2D eigenvalue weighted by molar-refractivity contribution is 6.36. The summed E-state index contributed by atoms with van der Waals surface area (Å²) in [6, 6.07) is 2.19. The maximum atomic E-state index is 12.6. The Morgan fingerprint density at radius 2 is 1.91 bits per heavy atom. The van der Waals surface area contributed by atoms with Crippen molar-refractivity contribution < 1.29 is 9.18 Å². The molecule has 0 aromatic heterocycles. The standard InChI is InChI=1S/C7H3Cl2FO/c8-5-2-6(9)7(10)1-4(5)3-11/h1-3H. The van der Waals surface area contributed by atoms with Crippen molar-refractivity contribution in [2.24, 2.45) is 0 Å². The molecule has 0 bridgehead atoms. The maximum absolute atomic E-state index is 12.6. The molecule has 0 atom stereocenters. The summed E-state index contributed by atoms with van der Waals surface area (Å²) in [5.41, 5.74) is 0.105. The number of halogens is 3. The van der Waals surface area contributed by atoms with Crippen LogP contribution in [0.4, 0.5) is 4.39 Å². The van der Waals surface area contributed by atoms with Gasteiger partial charge in [0.25, 0.3) is 0 Å². The Labute approximate surface area is 72.7 Å². The van der Waals surface area contributed by atoms with Crippen molar-refractivity contribution in [2.75, 3.05) is 0 Å². The van der Waals surface area contributed by atoms with E-state index in [2.05, 4.69) is 0 Å². The second-order valence-corrected chi connectivity index (χ2v) is 2.72. The van der Waals surface area contributed by atoms with Crippen LogP contribution in [0.25, 0.3) is 0 Å². The molecule has 1 aromatic rings. The first kappa shape index (κ1) is 8.50. The summed E-state index contributed by atoms with van der Waals surface area (Å²) in [4.78, 5) is 10.2. The van der Waals surface area contributed by atoms with Gasteiger partial charge in [0.2, 0.25) is 0 Å². The van der Waals surface area contributed by atoms with E-state index in [1.807, 2.05) is 0 Å². The number of carbonyl (C=O) groups excluding carboxylic acids is 1. The van der Waals surface area contributed by atoms with E-state index in [1.165, 1.54) is 6.07 Å². The molecule has 0 radical (unpaired) electrons. The summed E-state index contributed by atoms with van der Waals surface area (Å²) in [5.74, 6) is -0.641. The summed E-state index contributed by atoms with van der Waals surface area (Å²) >= 11 is 10.9. The predicted octanol–water partition coefficient (Wildman–Crippen LogP) is 2.95. The SMILES string of the molecule is O=Cc1cc(F)c(Cl)cc1Cl. The van der Waals surface area contributed by atoms with Crippen LogP contribution in [0.2, 0.25) is 10.0 Å². The third kappa shape index (κ3) is 1.70. The Morgan fingerprint density at radius 1 is 1.27 bits per heavy atom. The molecule has 0 saturated carbocycles. The van der Waals surface area contributed by atoms with Gasteiger partial charge >= 0.3 is 0 Å². The van der Waals surface area contributed by atoms with E-state index in [0.29, 0.717) is 6.29 Å². The molecule has 11 heavy (non-hydrogen) atoms. The lowest BCUT2D eigenvalue weighted by Crippen LogP contribution is -1.85. The minimum Gasteiger partial charge on any atom is -0.298 e. The van der Waals surface area contributed by atoms with Gasteiger partial charge in [0.05, 0.1) is 10.0 Å². The lowest BCUT2D eigenvalue weighted by molar-refractivity contribution is 0.112. The molecular weight excluding hydrogens is 190 g/mol. The maximum Gasteiger partial charge on any atom is 0.151 e. The first-order valence-electron chi connectivity index (χ1n) is 2.75. The largest absolute Gasteiger partial charge is 0.298 e. The molecule has 0 heterocycles. The van der Waals surface area contributed by atoms with Crippen LogP contribution in [0.3, 0.4) is 0 Å². The third-order valence-electron chi connectivity index (χ3n) is 1.17. The van der Waals surface area contributed by atoms with Crippen LogP contribution in [-0.4, -0.2) is 6.29 Å². The van der Waals surface area contributed by atoms with Gasteiger partial charge in [0, 0.05) is 5.56 Å². The summed E-state index contributed by atoms with van der Waals surface area (Å²) in [5, 5.41) is 0.0759. The molecule has 1 rings (SSSR count). The van der Waals surface area contributed by atoms with Gasteiger partial charge in [-0.05, 0) is 12.1 Å². The average Bonchev–Trinajstić information content (AvgIpc) is 1.97. The summed E-state index contributed by atoms with van der Waals surface area (Å²) in [7, 11) is 0. The third-order valence-corrected chi connectivity index (χ3v) is 1.78. The molecule has 0 N–H and O–H groups in total. The first-order valence-corrected chi connectivity index (χ1v) is 3.50. The van der Waals surface area contributed by atoms with Crippen LogP contribution >= 0.6 is 23.2 Å². The lowest BCUT2D eigenvalue weighted by atomic mass is 10.2. The zero-order valence-electron chi connectivity index (χ0n) is 5.27. The van der Waals surface area contributed by atoms with Crippen LogP contribution in [-0.2, 0) is 0 Å². The zero-order chi connectivity index (χ0) is 8.43.